The number of aliphatic carboxylic acids is 2. The fraction of sp³-hybridized carbons (Fsp3) is 0.591. The highest BCUT2D eigenvalue weighted by molar-refractivity contribution is 5.82. The van der Waals surface area contributed by atoms with Crippen molar-refractivity contribution in [2.75, 3.05) is 0 Å². The van der Waals surface area contributed by atoms with Gasteiger partial charge >= 0.3 is 17.9 Å². The van der Waals surface area contributed by atoms with E-state index in [1.807, 2.05) is 44.2 Å². The molecule has 0 aliphatic heterocycles. The van der Waals surface area contributed by atoms with Gasteiger partial charge in [0.2, 0.25) is 0 Å². The molecule has 0 heterocycles. The molecule has 0 radical (unpaired) electrons. The molecule has 1 saturated carbocycles. The first-order chi connectivity index (χ1) is 13.3. The van der Waals surface area contributed by atoms with E-state index in [9.17, 15) is 24.6 Å². The monoisotopic (exact) mass is 390 g/mol. The maximum atomic E-state index is 13.0. The number of carboxylic acid groups (broad SMARTS) is 2. The minimum Gasteiger partial charge on any atom is -0.481 e. The van der Waals surface area contributed by atoms with Gasteiger partial charge in [0.1, 0.15) is 5.60 Å². The van der Waals surface area contributed by atoms with Crippen LogP contribution in [-0.2, 0) is 25.5 Å². The molecule has 1 fully saturated rings. The topological polar surface area (TPSA) is 101 Å². The van der Waals surface area contributed by atoms with Crippen LogP contribution in [0.3, 0.4) is 0 Å². The van der Waals surface area contributed by atoms with Crippen molar-refractivity contribution in [3.05, 3.63) is 35.9 Å². The van der Waals surface area contributed by atoms with Crippen LogP contribution in [0.1, 0.15) is 57.9 Å². The van der Waals surface area contributed by atoms with E-state index < -0.39 is 35.3 Å². The molecule has 0 aromatic heterocycles. The van der Waals surface area contributed by atoms with Gasteiger partial charge < -0.3 is 14.9 Å². The molecule has 1 aromatic rings. The summed E-state index contributed by atoms with van der Waals surface area (Å²) in [5.74, 6) is -3.87. The number of rotatable bonds is 9. The summed E-state index contributed by atoms with van der Waals surface area (Å²) in [6, 6.07) is 9.34. The van der Waals surface area contributed by atoms with Gasteiger partial charge in [-0.2, -0.15) is 0 Å². The average Bonchev–Trinajstić information content (AvgIpc) is 2.61. The van der Waals surface area contributed by atoms with Crippen LogP contribution >= 0.6 is 0 Å². The number of hydrogen-bond donors (Lipinski definition) is 2. The molecule has 0 spiro atoms. The third-order valence-electron chi connectivity index (χ3n) is 5.60. The van der Waals surface area contributed by atoms with Crippen LogP contribution in [0.4, 0.5) is 0 Å². The number of esters is 1. The SMILES string of the molecule is CCCC(CC(=O)O)(Cc1ccccc1)OC(=O)C1CCC(C)CC1C(=O)O. The first-order valence-electron chi connectivity index (χ1n) is 9.97. The van der Waals surface area contributed by atoms with Crippen LogP contribution in [0.25, 0.3) is 0 Å². The lowest BCUT2D eigenvalue weighted by Gasteiger charge is -2.37. The zero-order valence-corrected chi connectivity index (χ0v) is 16.6. The lowest BCUT2D eigenvalue weighted by Crippen LogP contribution is -2.44. The summed E-state index contributed by atoms with van der Waals surface area (Å²) in [4.78, 5) is 36.2. The summed E-state index contributed by atoms with van der Waals surface area (Å²) in [6.45, 7) is 3.90. The lowest BCUT2D eigenvalue weighted by molar-refractivity contribution is -0.177. The van der Waals surface area contributed by atoms with Gasteiger partial charge in [0.25, 0.3) is 0 Å². The minimum absolute atomic E-state index is 0.244. The Labute approximate surface area is 165 Å². The Hall–Kier alpha value is -2.37. The fourth-order valence-corrected chi connectivity index (χ4v) is 4.29. The Morgan fingerprint density at radius 1 is 1.11 bits per heavy atom. The van der Waals surface area contributed by atoms with Crippen LogP contribution in [0.5, 0.6) is 0 Å². The van der Waals surface area contributed by atoms with E-state index in [4.69, 9.17) is 4.74 Å². The molecule has 6 nitrogen and oxygen atoms in total. The van der Waals surface area contributed by atoms with Crippen LogP contribution < -0.4 is 0 Å². The fourth-order valence-electron chi connectivity index (χ4n) is 4.29. The van der Waals surface area contributed by atoms with Crippen molar-refractivity contribution < 1.29 is 29.3 Å². The maximum Gasteiger partial charge on any atom is 0.310 e. The minimum atomic E-state index is -1.18. The smallest absolute Gasteiger partial charge is 0.310 e. The largest absolute Gasteiger partial charge is 0.481 e. The molecule has 154 valence electrons. The van der Waals surface area contributed by atoms with E-state index in [2.05, 4.69) is 0 Å². The third kappa shape index (κ3) is 5.81. The highest BCUT2D eigenvalue weighted by Gasteiger charge is 2.43. The molecule has 1 aliphatic rings. The van der Waals surface area contributed by atoms with E-state index >= 15 is 0 Å². The van der Waals surface area contributed by atoms with Crippen molar-refractivity contribution in [2.45, 2.75) is 64.4 Å². The summed E-state index contributed by atoms with van der Waals surface area (Å²) in [7, 11) is 0. The molecule has 0 bridgehead atoms. The number of ether oxygens (including phenoxy) is 1. The van der Waals surface area contributed by atoms with E-state index in [1.165, 1.54) is 0 Å². The molecular weight excluding hydrogens is 360 g/mol. The van der Waals surface area contributed by atoms with Crippen molar-refractivity contribution in [3.63, 3.8) is 0 Å². The van der Waals surface area contributed by atoms with Gasteiger partial charge in [-0.25, -0.2) is 0 Å². The molecule has 0 saturated heterocycles. The molecular formula is C22H30O6. The van der Waals surface area contributed by atoms with Gasteiger partial charge in [-0.3, -0.25) is 14.4 Å². The second-order valence-corrected chi connectivity index (χ2v) is 8.06. The second kappa shape index (κ2) is 9.71. The van der Waals surface area contributed by atoms with E-state index in [-0.39, 0.29) is 12.3 Å². The average molecular weight is 390 g/mol. The third-order valence-corrected chi connectivity index (χ3v) is 5.60. The van der Waals surface area contributed by atoms with Gasteiger partial charge in [0.15, 0.2) is 0 Å². The van der Waals surface area contributed by atoms with Gasteiger partial charge in [0, 0.05) is 6.42 Å². The Balaban J connectivity index is 2.27. The number of hydrogen-bond acceptors (Lipinski definition) is 4. The summed E-state index contributed by atoms with van der Waals surface area (Å²) >= 11 is 0. The summed E-state index contributed by atoms with van der Waals surface area (Å²) in [6.07, 6.45) is 2.70. The first-order valence-corrected chi connectivity index (χ1v) is 9.97. The Morgan fingerprint density at radius 2 is 1.79 bits per heavy atom. The summed E-state index contributed by atoms with van der Waals surface area (Å²) in [5.41, 5.74) is -0.289. The van der Waals surface area contributed by atoms with Crippen molar-refractivity contribution in [1.82, 2.24) is 0 Å². The zero-order chi connectivity index (χ0) is 20.7. The lowest BCUT2D eigenvalue weighted by atomic mass is 9.74. The molecule has 1 aromatic carbocycles. The van der Waals surface area contributed by atoms with Crippen molar-refractivity contribution in [3.8, 4) is 0 Å². The summed E-state index contributed by atoms with van der Waals surface area (Å²) < 4.78 is 5.87. The number of benzene rings is 1. The predicted molar refractivity (Wildman–Crippen MR) is 104 cm³/mol. The Kier molecular flexibility index (Phi) is 7.61. The Morgan fingerprint density at radius 3 is 2.36 bits per heavy atom. The van der Waals surface area contributed by atoms with Crippen LogP contribution in [0, 0.1) is 17.8 Å². The Bertz CT molecular complexity index is 686. The van der Waals surface area contributed by atoms with Gasteiger partial charge in [-0.05, 0) is 37.2 Å². The molecule has 6 heteroatoms. The molecule has 4 unspecified atom stereocenters. The highest BCUT2D eigenvalue weighted by atomic mass is 16.6. The highest BCUT2D eigenvalue weighted by Crippen LogP contribution is 2.37. The van der Waals surface area contributed by atoms with E-state index in [0.717, 1.165) is 12.0 Å². The van der Waals surface area contributed by atoms with Gasteiger partial charge in [-0.15, -0.1) is 0 Å². The van der Waals surface area contributed by atoms with Crippen molar-refractivity contribution in [1.29, 1.82) is 0 Å². The predicted octanol–water partition coefficient (Wildman–Crippen LogP) is 3.92. The van der Waals surface area contributed by atoms with Gasteiger partial charge in [0.05, 0.1) is 18.3 Å². The second-order valence-electron chi connectivity index (χ2n) is 8.06. The van der Waals surface area contributed by atoms with Crippen LogP contribution in [0.15, 0.2) is 30.3 Å². The molecule has 0 amide bonds. The van der Waals surface area contributed by atoms with Crippen molar-refractivity contribution in [2.24, 2.45) is 17.8 Å². The van der Waals surface area contributed by atoms with Crippen LogP contribution in [0.2, 0.25) is 0 Å². The van der Waals surface area contributed by atoms with Gasteiger partial charge in [-0.1, -0.05) is 50.6 Å². The summed E-state index contributed by atoms with van der Waals surface area (Å²) in [5, 5.41) is 19.0. The number of carbonyl (C=O) groups is 3. The van der Waals surface area contributed by atoms with E-state index in [1.54, 1.807) is 0 Å². The number of carboxylic acids is 2. The molecule has 4 atom stereocenters. The van der Waals surface area contributed by atoms with Crippen molar-refractivity contribution >= 4 is 17.9 Å². The molecule has 28 heavy (non-hydrogen) atoms. The standard InChI is InChI=1S/C22H30O6/c1-3-11-22(14-19(23)24,13-16-7-5-4-6-8-16)28-21(27)17-10-9-15(2)12-18(17)20(25)26/h4-8,15,17-18H,3,9-14H2,1-2H3,(H,23,24)(H,25,26). The molecule has 2 N–H and O–H groups in total. The van der Waals surface area contributed by atoms with Crippen LogP contribution in [-0.4, -0.2) is 33.7 Å². The maximum absolute atomic E-state index is 13.0. The first kappa shape index (κ1) is 21.9. The molecule has 2 rings (SSSR count). The van der Waals surface area contributed by atoms with E-state index in [0.29, 0.717) is 32.1 Å². The molecule has 1 aliphatic carbocycles. The zero-order valence-electron chi connectivity index (χ0n) is 16.6. The quantitative estimate of drug-likeness (QED) is 0.620. The number of carbonyl (C=O) groups excluding carboxylic acids is 1. The normalized spacial score (nSPS) is 24.1.